The number of hydrogen-bond donors (Lipinski definition) is 0. The maximum absolute atomic E-state index is 6.65. The van der Waals surface area contributed by atoms with Gasteiger partial charge in [0, 0.05) is 0 Å². The monoisotopic (exact) mass is 306 g/mol. The first-order valence-electron chi connectivity index (χ1n) is 8.57. The summed E-state index contributed by atoms with van der Waals surface area (Å²) in [7, 11) is 0. The minimum Gasteiger partial charge on any atom is -0.118 e. The van der Waals surface area contributed by atoms with Crippen molar-refractivity contribution in [1.29, 1.82) is 0 Å². The summed E-state index contributed by atoms with van der Waals surface area (Å²) in [6.07, 6.45) is 7.41. The molecule has 1 aliphatic carbocycles. The van der Waals surface area contributed by atoms with Crippen LogP contribution in [0.15, 0.2) is 18.2 Å². The van der Waals surface area contributed by atoms with Gasteiger partial charge in [0.2, 0.25) is 0 Å². The van der Waals surface area contributed by atoms with Crippen LogP contribution in [0.3, 0.4) is 0 Å². The molecule has 0 bridgehead atoms. The third-order valence-electron chi connectivity index (χ3n) is 5.30. The normalized spacial score (nSPS) is 20.9. The molecule has 1 heteroatoms. The highest BCUT2D eigenvalue weighted by atomic mass is 35.5. The molecule has 1 aliphatic rings. The van der Waals surface area contributed by atoms with Gasteiger partial charge in [-0.15, -0.1) is 11.6 Å². The predicted molar refractivity (Wildman–Crippen MR) is 94.5 cm³/mol. The Morgan fingerprint density at radius 3 is 2.24 bits per heavy atom. The average Bonchev–Trinajstić information content (AvgIpc) is 2.44. The highest BCUT2D eigenvalue weighted by Crippen LogP contribution is 2.46. The second-order valence-corrected chi connectivity index (χ2v) is 8.56. The zero-order valence-electron chi connectivity index (χ0n) is 14.4. The maximum Gasteiger partial charge on any atom is 0.0585 e. The molecule has 0 saturated heterocycles. The Labute approximate surface area is 136 Å². The second kappa shape index (κ2) is 6.32. The van der Waals surface area contributed by atoms with Gasteiger partial charge in [-0.1, -0.05) is 72.1 Å². The molecule has 0 heterocycles. The lowest BCUT2D eigenvalue weighted by atomic mass is 9.63. The summed E-state index contributed by atoms with van der Waals surface area (Å²) in [6, 6.07) is 7.02. The van der Waals surface area contributed by atoms with E-state index < -0.39 is 0 Å². The van der Waals surface area contributed by atoms with Crippen LogP contribution in [0.1, 0.15) is 95.2 Å². The number of benzene rings is 1. The molecule has 0 saturated carbocycles. The molecule has 0 spiro atoms. The van der Waals surface area contributed by atoms with E-state index in [1.54, 1.807) is 0 Å². The number of halogens is 1. The molecular formula is C20H31Cl. The Balaban J connectivity index is 2.28. The van der Waals surface area contributed by atoms with Crippen LogP contribution in [0.2, 0.25) is 0 Å². The van der Waals surface area contributed by atoms with E-state index in [0.717, 1.165) is 6.42 Å². The molecule has 0 aromatic heterocycles. The summed E-state index contributed by atoms with van der Waals surface area (Å²) >= 11 is 6.65. The first kappa shape index (κ1) is 16.9. The molecule has 118 valence electrons. The van der Waals surface area contributed by atoms with Gasteiger partial charge in [0.05, 0.1) is 5.38 Å². The first-order valence-corrected chi connectivity index (χ1v) is 9.00. The molecule has 1 unspecified atom stereocenters. The van der Waals surface area contributed by atoms with Crippen molar-refractivity contribution in [1.82, 2.24) is 0 Å². The molecule has 0 fully saturated rings. The zero-order chi connectivity index (χ0) is 15.7. The van der Waals surface area contributed by atoms with Gasteiger partial charge in [-0.05, 0) is 46.8 Å². The van der Waals surface area contributed by atoms with Gasteiger partial charge in [-0.2, -0.15) is 0 Å². The molecule has 1 aromatic carbocycles. The Kier molecular flexibility index (Phi) is 5.08. The van der Waals surface area contributed by atoms with Crippen LogP contribution in [0.25, 0.3) is 0 Å². The van der Waals surface area contributed by atoms with E-state index in [9.17, 15) is 0 Å². The van der Waals surface area contributed by atoms with Crippen LogP contribution in [0, 0.1) is 0 Å². The van der Waals surface area contributed by atoms with Crippen molar-refractivity contribution in [3.8, 4) is 0 Å². The number of alkyl halides is 1. The minimum absolute atomic E-state index is 0.169. The van der Waals surface area contributed by atoms with Gasteiger partial charge >= 0.3 is 0 Å². The minimum atomic E-state index is 0.169. The van der Waals surface area contributed by atoms with Crippen LogP contribution in [0.5, 0.6) is 0 Å². The molecule has 0 N–H and O–H groups in total. The lowest BCUT2D eigenvalue weighted by molar-refractivity contribution is 0.331. The average molecular weight is 307 g/mol. The van der Waals surface area contributed by atoms with Gasteiger partial charge < -0.3 is 0 Å². The van der Waals surface area contributed by atoms with E-state index in [1.807, 2.05) is 0 Å². The topological polar surface area (TPSA) is 0 Å². The fraction of sp³-hybridized carbons (Fsp3) is 0.700. The largest absolute Gasteiger partial charge is 0.118 e. The summed E-state index contributed by atoms with van der Waals surface area (Å²) in [5, 5.41) is 0.169. The zero-order valence-corrected chi connectivity index (χ0v) is 15.2. The Bertz CT molecular complexity index is 485. The van der Waals surface area contributed by atoms with E-state index in [-0.39, 0.29) is 10.8 Å². The molecule has 1 atom stereocenters. The first-order chi connectivity index (χ1) is 9.78. The molecule has 0 nitrogen and oxygen atoms in total. The van der Waals surface area contributed by atoms with Crippen molar-refractivity contribution in [2.45, 2.75) is 89.4 Å². The number of fused-ring (bicyclic) bond motifs is 1. The quantitative estimate of drug-likeness (QED) is 0.410. The number of hydrogen-bond acceptors (Lipinski definition) is 0. The summed E-state index contributed by atoms with van der Waals surface area (Å²) in [4.78, 5) is 0. The van der Waals surface area contributed by atoms with E-state index in [4.69, 9.17) is 11.6 Å². The smallest absolute Gasteiger partial charge is 0.0585 e. The fourth-order valence-electron chi connectivity index (χ4n) is 3.54. The standard InChI is InChI=1S/C20H31Cl/c1-6-7-8-9-18(21)15-10-11-16-17(14-15)20(4,5)13-12-19(16,2)3/h10-11,14,18H,6-9,12-13H2,1-5H3. The summed E-state index contributed by atoms with van der Waals surface area (Å²) in [6.45, 7) is 11.8. The van der Waals surface area contributed by atoms with E-state index in [0.29, 0.717) is 5.41 Å². The maximum atomic E-state index is 6.65. The molecular weight excluding hydrogens is 276 g/mol. The lowest BCUT2D eigenvalue weighted by Crippen LogP contribution is -2.33. The number of unbranched alkanes of at least 4 members (excludes halogenated alkanes) is 2. The third-order valence-corrected chi connectivity index (χ3v) is 5.77. The van der Waals surface area contributed by atoms with Crippen LogP contribution in [-0.4, -0.2) is 0 Å². The van der Waals surface area contributed by atoms with Crippen molar-refractivity contribution < 1.29 is 0 Å². The van der Waals surface area contributed by atoms with Crippen LogP contribution in [-0.2, 0) is 10.8 Å². The highest BCUT2D eigenvalue weighted by molar-refractivity contribution is 6.20. The second-order valence-electron chi connectivity index (χ2n) is 8.04. The van der Waals surface area contributed by atoms with Crippen molar-refractivity contribution >= 4 is 11.6 Å². The molecule has 0 amide bonds. The summed E-state index contributed by atoms with van der Waals surface area (Å²) in [5.41, 5.74) is 4.95. The van der Waals surface area contributed by atoms with Gasteiger partial charge in [0.15, 0.2) is 0 Å². The van der Waals surface area contributed by atoms with Gasteiger partial charge in [0.1, 0.15) is 0 Å². The fourth-order valence-corrected chi connectivity index (χ4v) is 3.83. The number of rotatable bonds is 5. The van der Waals surface area contributed by atoms with Gasteiger partial charge in [-0.25, -0.2) is 0 Å². The molecule has 0 aliphatic heterocycles. The molecule has 0 radical (unpaired) electrons. The van der Waals surface area contributed by atoms with E-state index in [1.165, 1.54) is 48.8 Å². The van der Waals surface area contributed by atoms with Gasteiger partial charge in [0.25, 0.3) is 0 Å². The van der Waals surface area contributed by atoms with Crippen LogP contribution in [0.4, 0.5) is 0 Å². The van der Waals surface area contributed by atoms with Crippen LogP contribution < -0.4 is 0 Å². The lowest BCUT2D eigenvalue weighted by Gasteiger charge is -2.42. The van der Waals surface area contributed by atoms with Crippen molar-refractivity contribution in [3.05, 3.63) is 34.9 Å². The SMILES string of the molecule is CCCCCC(Cl)c1ccc2c(c1)C(C)(C)CCC2(C)C. The van der Waals surface area contributed by atoms with E-state index >= 15 is 0 Å². The van der Waals surface area contributed by atoms with Crippen molar-refractivity contribution in [2.24, 2.45) is 0 Å². The highest BCUT2D eigenvalue weighted by Gasteiger charge is 2.37. The van der Waals surface area contributed by atoms with E-state index in [2.05, 4.69) is 52.8 Å². The Hall–Kier alpha value is -0.490. The molecule has 1 aromatic rings. The third kappa shape index (κ3) is 3.65. The Morgan fingerprint density at radius 1 is 1.00 bits per heavy atom. The summed E-state index contributed by atoms with van der Waals surface area (Å²) < 4.78 is 0. The summed E-state index contributed by atoms with van der Waals surface area (Å²) in [5.74, 6) is 0. The van der Waals surface area contributed by atoms with Gasteiger partial charge in [-0.3, -0.25) is 0 Å². The molecule has 2 rings (SSSR count). The Morgan fingerprint density at radius 2 is 1.62 bits per heavy atom. The van der Waals surface area contributed by atoms with Crippen molar-refractivity contribution in [2.75, 3.05) is 0 Å². The molecule has 21 heavy (non-hydrogen) atoms. The predicted octanol–water partition coefficient (Wildman–Crippen LogP) is 6.90. The van der Waals surface area contributed by atoms with Crippen LogP contribution >= 0.6 is 11.6 Å². The van der Waals surface area contributed by atoms with Crippen molar-refractivity contribution in [3.63, 3.8) is 0 Å².